The minimum absolute atomic E-state index is 0.0169. The van der Waals surface area contributed by atoms with Crippen LogP contribution >= 0.6 is 27.5 Å². The van der Waals surface area contributed by atoms with Gasteiger partial charge in [0.2, 0.25) is 0 Å². The van der Waals surface area contributed by atoms with E-state index in [-0.39, 0.29) is 12.5 Å². The van der Waals surface area contributed by atoms with E-state index >= 15 is 0 Å². The van der Waals surface area contributed by atoms with Gasteiger partial charge in [-0.15, -0.1) is 0 Å². The molecule has 0 aliphatic heterocycles. The van der Waals surface area contributed by atoms with Crippen molar-refractivity contribution in [2.75, 3.05) is 6.61 Å². The second-order valence-electron chi connectivity index (χ2n) is 5.08. The van der Waals surface area contributed by atoms with E-state index < -0.39 is 5.54 Å². The summed E-state index contributed by atoms with van der Waals surface area (Å²) in [5, 5.41) is 13.1. The maximum absolute atomic E-state index is 12.3. The molecule has 0 radical (unpaired) electrons. The number of aliphatic hydroxyl groups is 1. The molecule has 0 heterocycles. The van der Waals surface area contributed by atoms with Crippen LogP contribution in [0.2, 0.25) is 5.02 Å². The molecule has 1 aromatic rings. The number of hydrogen-bond acceptors (Lipinski definition) is 2. The Bertz CT molecular complexity index is 473. The van der Waals surface area contributed by atoms with Crippen LogP contribution in [0.25, 0.3) is 0 Å². The zero-order valence-corrected chi connectivity index (χ0v) is 12.9. The maximum Gasteiger partial charge on any atom is 0.252 e. The molecule has 0 aromatic heterocycles. The van der Waals surface area contributed by atoms with Gasteiger partial charge < -0.3 is 10.4 Å². The molecular formula is C14H17BrClNO2. The van der Waals surface area contributed by atoms with Gasteiger partial charge in [0.1, 0.15) is 0 Å². The van der Waals surface area contributed by atoms with E-state index in [4.69, 9.17) is 11.6 Å². The van der Waals surface area contributed by atoms with Crippen LogP contribution in [0, 0.1) is 0 Å². The zero-order valence-electron chi connectivity index (χ0n) is 10.6. The lowest BCUT2D eigenvalue weighted by atomic mass is 9.82. The quantitative estimate of drug-likeness (QED) is 0.879. The van der Waals surface area contributed by atoms with Crippen molar-refractivity contribution >= 4 is 33.4 Å². The lowest BCUT2D eigenvalue weighted by molar-refractivity contribution is 0.0758. The first kappa shape index (κ1) is 14.8. The molecule has 3 nitrogen and oxygen atoms in total. The molecule has 1 saturated carbocycles. The van der Waals surface area contributed by atoms with E-state index in [2.05, 4.69) is 21.2 Å². The first-order chi connectivity index (χ1) is 9.06. The number of rotatable bonds is 3. The van der Waals surface area contributed by atoms with Crippen LogP contribution in [-0.2, 0) is 0 Å². The van der Waals surface area contributed by atoms with E-state index in [1.165, 1.54) is 6.42 Å². The summed E-state index contributed by atoms with van der Waals surface area (Å²) in [6.07, 6.45) is 4.90. The van der Waals surface area contributed by atoms with E-state index in [0.717, 1.165) is 25.7 Å². The zero-order chi connectivity index (χ0) is 13.9. The third-order valence-electron chi connectivity index (χ3n) is 3.67. The molecule has 5 heteroatoms. The summed E-state index contributed by atoms with van der Waals surface area (Å²) in [6.45, 7) is -0.0169. The minimum atomic E-state index is -0.475. The molecule has 1 fully saturated rings. The minimum Gasteiger partial charge on any atom is -0.394 e. The van der Waals surface area contributed by atoms with Gasteiger partial charge in [-0.05, 0) is 47.0 Å². The highest BCUT2D eigenvalue weighted by Gasteiger charge is 2.33. The van der Waals surface area contributed by atoms with Crippen molar-refractivity contribution < 1.29 is 9.90 Å². The Kier molecular flexibility index (Phi) is 4.87. The third-order valence-corrected chi connectivity index (χ3v) is 4.59. The van der Waals surface area contributed by atoms with Gasteiger partial charge in [-0.3, -0.25) is 4.79 Å². The van der Waals surface area contributed by atoms with Crippen LogP contribution in [-0.4, -0.2) is 23.2 Å². The molecule has 0 unspecified atom stereocenters. The van der Waals surface area contributed by atoms with Gasteiger partial charge in [-0.25, -0.2) is 0 Å². The van der Waals surface area contributed by atoms with Crippen molar-refractivity contribution in [3.05, 3.63) is 33.3 Å². The first-order valence-electron chi connectivity index (χ1n) is 6.45. The first-order valence-corrected chi connectivity index (χ1v) is 7.62. The molecule has 2 rings (SSSR count). The van der Waals surface area contributed by atoms with Gasteiger partial charge in [0.05, 0.1) is 17.7 Å². The topological polar surface area (TPSA) is 49.3 Å². The van der Waals surface area contributed by atoms with E-state index in [9.17, 15) is 9.90 Å². The van der Waals surface area contributed by atoms with Crippen LogP contribution in [0.15, 0.2) is 22.7 Å². The SMILES string of the molecule is O=C(NC1(CO)CCCCC1)c1cc(Cl)ccc1Br. The fourth-order valence-electron chi connectivity index (χ4n) is 2.53. The summed E-state index contributed by atoms with van der Waals surface area (Å²) in [4.78, 5) is 12.3. The smallest absolute Gasteiger partial charge is 0.252 e. The van der Waals surface area contributed by atoms with Crippen molar-refractivity contribution in [3.8, 4) is 0 Å². The van der Waals surface area contributed by atoms with Gasteiger partial charge in [0, 0.05) is 9.50 Å². The number of hydrogen-bond donors (Lipinski definition) is 2. The number of carbonyl (C=O) groups is 1. The van der Waals surface area contributed by atoms with Crippen molar-refractivity contribution in [2.24, 2.45) is 0 Å². The lowest BCUT2D eigenvalue weighted by Gasteiger charge is -2.36. The summed E-state index contributed by atoms with van der Waals surface area (Å²) in [5.74, 6) is -0.190. The van der Waals surface area contributed by atoms with Crippen molar-refractivity contribution in [2.45, 2.75) is 37.6 Å². The highest BCUT2D eigenvalue weighted by atomic mass is 79.9. The van der Waals surface area contributed by atoms with E-state index in [0.29, 0.717) is 15.1 Å². The largest absolute Gasteiger partial charge is 0.394 e. The second kappa shape index (κ2) is 6.25. The fraction of sp³-hybridized carbons (Fsp3) is 0.500. The number of carbonyl (C=O) groups excluding carboxylic acids is 1. The predicted octanol–water partition coefficient (Wildman–Crippen LogP) is 3.53. The molecule has 0 spiro atoms. The maximum atomic E-state index is 12.3. The van der Waals surface area contributed by atoms with E-state index in [1.54, 1.807) is 18.2 Å². The molecule has 1 aromatic carbocycles. The van der Waals surface area contributed by atoms with Gasteiger partial charge >= 0.3 is 0 Å². The lowest BCUT2D eigenvalue weighted by Crippen LogP contribution is -2.52. The summed E-state index contributed by atoms with van der Waals surface area (Å²) in [6, 6.07) is 5.11. The van der Waals surface area contributed by atoms with Gasteiger partial charge in [0.15, 0.2) is 0 Å². The summed E-state index contributed by atoms with van der Waals surface area (Å²) in [7, 11) is 0. The number of amides is 1. The molecule has 0 bridgehead atoms. The molecule has 0 saturated heterocycles. The number of halogens is 2. The Labute approximate surface area is 126 Å². The Morgan fingerprint density at radius 1 is 1.37 bits per heavy atom. The van der Waals surface area contributed by atoms with Crippen LogP contribution in [0.3, 0.4) is 0 Å². The Hall–Kier alpha value is -0.580. The molecule has 19 heavy (non-hydrogen) atoms. The number of benzene rings is 1. The highest BCUT2D eigenvalue weighted by Crippen LogP contribution is 2.29. The van der Waals surface area contributed by atoms with Crippen molar-refractivity contribution in [1.29, 1.82) is 0 Å². The Balaban J connectivity index is 2.17. The van der Waals surface area contributed by atoms with Crippen LogP contribution in [0.1, 0.15) is 42.5 Å². The average molecular weight is 347 g/mol. The van der Waals surface area contributed by atoms with Gasteiger partial charge in [-0.1, -0.05) is 30.9 Å². The molecule has 1 aliphatic carbocycles. The molecule has 0 atom stereocenters. The molecule has 1 aliphatic rings. The summed E-state index contributed by atoms with van der Waals surface area (Å²) in [5.41, 5.74) is 0.0304. The third kappa shape index (κ3) is 3.50. The van der Waals surface area contributed by atoms with E-state index in [1.807, 2.05) is 0 Å². The van der Waals surface area contributed by atoms with Crippen LogP contribution in [0.5, 0.6) is 0 Å². The fourth-order valence-corrected chi connectivity index (χ4v) is 3.13. The summed E-state index contributed by atoms with van der Waals surface area (Å²) < 4.78 is 0.707. The standard InChI is InChI=1S/C14H17BrClNO2/c15-12-5-4-10(16)8-11(12)13(19)17-14(9-18)6-2-1-3-7-14/h4-5,8,18H,1-3,6-7,9H2,(H,17,19). The Morgan fingerprint density at radius 2 is 2.05 bits per heavy atom. The average Bonchev–Trinajstić information content (AvgIpc) is 2.42. The highest BCUT2D eigenvalue weighted by molar-refractivity contribution is 9.10. The molecule has 1 amide bonds. The van der Waals surface area contributed by atoms with Crippen LogP contribution < -0.4 is 5.32 Å². The van der Waals surface area contributed by atoms with Gasteiger partial charge in [-0.2, -0.15) is 0 Å². The second-order valence-corrected chi connectivity index (χ2v) is 6.37. The predicted molar refractivity (Wildman–Crippen MR) is 79.5 cm³/mol. The normalized spacial score (nSPS) is 18.1. The number of nitrogens with one attached hydrogen (secondary N) is 1. The molecule has 2 N–H and O–H groups in total. The number of aliphatic hydroxyl groups excluding tert-OH is 1. The molecular weight excluding hydrogens is 330 g/mol. The summed E-state index contributed by atoms with van der Waals surface area (Å²) >= 11 is 9.28. The van der Waals surface area contributed by atoms with Gasteiger partial charge in [0.25, 0.3) is 5.91 Å². The van der Waals surface area contributed by atoms with Crippen molar-refractivity contribution in [3.63, 3.8) is 0 Å². The Morgan fingerprint density at radius 3 is 2.68 bits per heavy atom. The van der Waals surface area contributed by atoms with Crippen molar-refractivity contribution in [1.82, 2.24) is 5.32 Å². The monoisotopic (exact) mass is 345 g/mol. The molecule has 104 valence electrons. The van der Waals surface area contributed by atoms with Crippen LogP contribution in [0.4, 0.5) is 0 Å².